The lowest BCUT2D eigenvalue weighted by atomic mass is 9.64. The molecular weight excluding hydrogens is 454 g/mol. The molecule has 35 heavy (non-hydrogen) atoms. The summed E-state index contributed by atoms with van der Waals surface area (Å²) in [6.07, 6.45) is 0.742. The lowest BCUT2D eigenvalue weighted by molar-refractivity contribution is -0.128. The van der Waals surface area contributed by atoms with Crippen molar-refractivity contribution in [1.82, 2.24) is 4.90 Å². The van der Waals surface area contributed by atoms with Crippen LogP contribution in [0.25, 0.3) is 5.76 Å². The number of morpholine rings is 1. The number of primary amides is 1. The number of rotatable bonds is 3. The van der Waals surface area contributed by atoms with Gasteiger partial charge in [0.05, 0.1) is 24.8 Å². The van der Waals surface area contributed by atoms with Crippen molar-refractivity contribution in [2.45, 2.75) is 18.9 Å². The van der Waals surface area contributed by atoms with Gasteiger partial charge < -0.3 is 35.8 Å². The predicted molar refractivity (Wildman–Crippen MR) is 127 cm³/mol. The molecule has 1 fully saturated rings. The van der Waals surface area contributed by atoms with Crippen LogP contribution in [0.5, 0.6) is 5.75 Å². The third kappa shape index (κ3) is 3.39. The molecule has 1 aliphatic heterocycles. The van der Waals surface area contributed by atoms with E-state index < -0.39 is 35.0 Å². The molecule has 0 unspecified atom stereocenters. The average Bonchev–Trinajstić information content (AvgIpc) is 2.79. The molecule has 0 aromatic heterocycles. The second kappa shape index (κ2) is 8.31. The highest BCUT2D eigenvalue weighted by Gasteiger charge is 2.52. The van der Waals surface area contributed by atoms with Crippen molar-refractivity contribution in [3.05, 3.63) is 51.5 Å². The van der Waals surface area contributed by atoms with E-state index >= 15 is 0 Å². The number of benzene rings is 1. The molecule has 186 valence electrons. The maximum Gasteiger partial charge on any atom is 0.256 e. The molecule has 3 aliphatic carbocycles. The maximum atomic E-state index is 13.4. The van der Waals surface area contributed by atoms with E-state index in [0.717, 1.165) is 11.3 Å². The number of Topliss-reactive ketones (excluding diaryl/α,β-unsaturated/α-hetero) is 1. The lowest BCUT2D eigenvalue weighted by Crippen LogP contribution is -2.56. The fraction of sp³-hybridized carbons (Fsp3) is 0.440. The second-order valence-electron chi connectivity index (χ2n) is 9.66. The van der Waals surface area contributed by atoms with Gasteiger partial charge in [-0.1, -0.05) is 0 Å². The fourth-order valence-electron chi connectivity index (χ4n) is 6.11. The van der Waals surface area contributed by atoms with Crippen molar-refractivity contribution >= 4 is 23.1 Å². The van der Waals surface area contributed by atoms with Crippen molar-refractivity contribution in [2.24, 2.45) is 17.6 Å². The van der Waals surface area contributed by atoms with E-state index in [9.17, 15) is 30.0 Å². The molecule has 1 amide bonds. The molecule has 10 nitrogen and oxygen atoms in total. The highest BCUT2D eigenvalue weighted by atomic mass is 16.5. The van der Waals surface area contributed by atoms with Crippen LogP contribution in [-0.2, 0) is 20.7 Å². The highest BCUT2D eigenvalue weighted by Crippen LogP contribution is 2.53. The topological polar surface area (TPSA) is 157 Å². The molecule has 5 rings (SSSR count). The van der Waals surface area contributed by atoms with Gasteiger partial charge in [0.25, 0.3) is 5.91 Å². The molecule has 1 aromatic rings. The van der Waals surface area contributed by atoms with E-state index in [1.807, 2.05) is 23.9 Å². The van der Waals surface area contributed by atoms with E-state index in [4.69, 9.17) is 10.5 Å². The van der Waals surface area contributed by atoms with Gasteiger partial charge >= 0.3 is 0 Å². The number of hydrogen-bond acceptors (Lipinski definition) is 9. The first-order valence-electron chi connectivity index (χ1n) is 11.6. The monoisotopic (exact) mass is 483 g/mol. The molecular formula is C25H29N3O7. The van der Waals surface area contributed by atoms with E-state index in [-0.39, 0.29) is 39.9 Å². The molecule has 3 atom stereocenters. The van der Waals surface area contributed by atoms with Crippen molar-refractivity contribution in [3.8, 4) is 5.75 Å². The average molecular weight is 484 g/mol. The summed E-state index contributed by atoms with van der Waals surface area (Å²) < 4.78 is 5.43. The Morgan fingerprint density at radius 3 is 2.37 bits per heavy atom. The summed E-state index contributed by atoms with van der Waals surface area (Å²) in [5, 5.41) is 44.2. The van der Waals surface area contributed by atoms with Crippen LogP contribution in [0.15, 0.2) is 40.4 Å². The van der Waals surface area contributed by atoms with E-state index in [0.29, 0.717) is 39.1 Å². The molecule has 10 heteroatoms. The number of phenols is 1. The Labute approximate surface area is 202 Å². The number of nitrogens with zero attached hydrogens (tertiary/aromatic N) is 2. The normalized spacial score (nSPS) is 26.9. The van der Waals surface area contributed by atoms with Crippen LogP contribution < -0.4 is 10.6 Å². The Kier molecular flexibility index (Phi) is 5.52. The summed E-state index contributed by atoms with van der Waals surface area (Å²) in [7, 11) is 3.73. The molecule has 4 aliphatic rings. The van der Waals surface area contributed by atoms with Gasteiger partial charge in [0.1, 0.15) is 28.6 Å². The quantitative estimate of drug-likeness (QED) is 0.400. The number of nitrogens with two attached hydrogens (primary N) is 1. The summed E-state index contributed by atoms with van der Waals surface area (Å²) in [4.78, 5) is 29.4. The Hall–Kier alpha value is -3.50. The number of aromatic hydroxyl groups is 1. The minimum absolute atomic E-state index is 0.0272. The van der Waals surface area contributed by atoms with Gasteiger partial charge in [-0.25, -0.2) is 0 Å². The number of phenolic OH excluding ortho intramolecular Hbond substituents is 1. The Morgan fingerprint density at radius 2 is 1.74 bits per heavy atom. The largest absolute Gasteiger partial charge is 0.507 e. The summed E-state index contributed by atoms with van der Waals surface area (Å²) in [5.74, 6) is -4.09. The van der Waals surface area contributed by atoms with Crippen LogP contribution in [0.4, 0.5) is 5.69 Å². The number of ether oxygens (including phenoxy) is 1. The van der Waals surface area contributed by atoms with Crippen LogP contribution >= 0.6 is 0 Å². The zero-order valence-electron chi connectivity index (χ0n) is 19.6. The number of ketones is 1. The number of anilines is 1. The summed E-state index contributed by atoms with van der Waals surface area (Å²) in [6, 6.07) is 2.44. The highest BCUT2D eigenvalue weighted by molar-refractivity contribution is 6.22. The van der Waals surface area contributed by atoms with E-state index in [1.54, 1.807) is 6.07 Å². The predicted octanol–water partition coefficient (Wildman–Crippen LogP) is 1.31. The standard InChI is InChI=1S/C25H29N3O7/c1-27(2)14-3-4-15(29)17-12(14)9-11-10-13-18(22(31)16(11)21(17)30)23(32)19(25(26)34)24(33)20(13)28-5-7-35-8-6-28/h3-4,11,13,20,29-32H,5-10H2,1-2H3,(H2,26,34)/t11-,13+,20+/m0/s1. The van der Waals surface area contributed by atoms with Gasteiger partial charge in [0.15, 0.2) is 5.78 Å². The van der Waals surface area contributed by atoms with Gasteiger partial charge in [-0.3, -0.25) is 14.5 Å². The van der Waals surface area contributed by atoms with Crippen LogP contribution in [0, 0.1) is 11.8 Å². The van der Waals surface area contributed by atoms with Crippen LogP contribution in [0.2, 0.25) is 0 Å². The number of hydrogen-bond donors (Lipinski definition) is 5. The fourth-order valence-corrected chi connectivity index (χ4v) is 6.11. The number of aliphatic hydroxyl groups is 3. The van der Waals surface area contributed by atoms with Gasteiger partial charge in [-0.15, -0.1) is 0 Å². The molecule has 0 spiro atoms. The molecule has 1 aromatic carbocycles. The smallest absolute Gasteiger partial charge is 0.256 e. The third-order valence-corrected chi connectivity index (χ3v) is 7.59. The molecule has 0 bridgehead atoms. The number of fused-ring (bicyclic) bond motifs is 3. The Morgan fingerprint density at radius 1 is 1.06 bits per heavy atom. The van der Waals surface area contributed by atoms with Crippen LogP contribution in [0.3, 0.4) is 0 Å². The lowest BCUT2D eigenvalue weighted by Gasteiger charge is -2.46. The summed E-state index contributed by atoms with van der Waals surface area (Å²) >= 11 is 0. The van der Waals surface area contributed by atoms with E-state index in [2.05, 4.69) is 0 Å². The SMILES string of the molecule is CN(C)c1ccc(O)c2c1C[C@H]1C[C@@H]3C(=C(O)C1=C2O)C(O)=C(C(N)=O)C(=O)[C@@H]3N1CCOCC1. The first kappa shape index (κ1) is 23.3. The van der Waals surface area contributed by atoms with Gasteiger partial charge in [0.2, 0.25) is 0 Å². The summed E-state index contributed by atoms with van der Waals surface area (Å²) in [6.45, 7) is 1.73. The van der Waals surface area contributed by atoms with E-state index in [1.165, 1.54) is 6.07 Å². The summed E-state index contributed by atoms with van der Waals surface area (Å²) in [5.41, 5.74) is 6.91. The second-order valence-corrected chi connectivity index (χ2v) is 9.66. The number of carbonyl (C=O) groups excluding carboxylic acids is 2. The molecule has 6 N–H and O–H groups in total. The minimum atomic E-state index is -1.08. The zero-order chi connectivity index (χ0) is 25.2. The van der Waals surface area contributed by atoms with Gasteiger partial charge in [-0.2, -0.15) is 0 Å². The number of amides is 1. The van der Waals surface area contributed by atoms with Gasteiger partial charge in [0, 0.05) is 49.9 Å². The number of carbonyl (C=O) groups is 2. The third-order valence-electron chi connectivity index (χ3n) is 7.59. The number of aliphatic hydroxyl groups excluding tert-OH is 3. The molecule has 0 saturated carbocycles. The van der Waals surface area contributed by atoms with Crippen molar-refractivity contribution in [3.63, 3.8) is 0 Å². The van der Waals surface area contributed by atoms with Crippen molar-refractivity contribution in [1.29, 1.82) is 0 Å². The maximum absolute atomic E-state index is 13.4. The first-order chi connectivity index (χ1) is 16.6. The first-order valence-corrected chi connectivity index (χ1v) is 11.6. The molecule has 1 heterocycles. The van der Waals surface area contributed by atoms with Crippen molar-refractivity contribution < 1.29 is 34.8 Å². The van der Waals surface area contributed by atoms with Crippen molar-refractivity contribution in [2.75, 3.05) is 45.3 Å². The molecule has 1 saturated heterocycles. The zero-order valence-corrected chi connectivity index (χ0v) is 19.6. The number of allylic oxidation sites excluding steroid dienone is 2. The Bertz CT molecular complexity index is 1220. The molecule has 0 radical (unpaired) electrons. The van der Waals surface area contributed by atoms with Crippen LogP contribution in [0.1, 0.15) is 17.5 Å². The Balaban J connectivity index is 1.73. The minimum Gasteiger partial charge on any atom is -0.507 e. The van der Waals surface area contributed by atoms with Crippen LogP contribution in [-0.4, -0.2) is 83.5 Å². The van der Waals surface area contributed by atoms with Gasteiger partial charge in [-0.05, 0) is 36.5 Å².